The quantitative estimate of drug-likeness (QED) is 0.594. The van der Waals surface area contributed by atoms with E-state index >= 15 is 0 Å². The van der Waals surface area contributed by atoms with Gasteiger partial charge in [-0.25, -0.2) is 0 Å². The van der Waals surface area contributed by atoms with Crippen LogP contribution in [-0.2, 0) is 0 Å². The molecule has 0 heterocycles. The Morgan fingerprint density at radius 1 is 1.50 bits per heavy atom. The Hall–Kier alpha value is -0.670. The average molecular weight is 211 g/mol. The second-order valence-corrected chi connectivity index (χ2v) is 4.76. The number of anilines is 1. The second kappa shape index (κ2) is 4.71. The predicted molar refractivity (Wildman–Crippen MR) is 62.5 cm³/mol. The van der Waals surface area contributed by atoms with Crippen LogP contribution < -0.4 is 5.73 Å². The topological polar surface area (TPSA) is 46.2 Å². The van der Waals surface area contributed by atoms with Crippen molar-refractivity contribution in [2.24, 2.45) is 0 Å². The van der Waals surface area contributed by atoms with E-state index in [-0.39, 0.29) is 0 Å². The van der Waals surface area contributed by atoms with Crippen molar-refractivity contribution in [2.45, 2.75) is 30.8 Å². The minimum absolute atomic E-state index is 0.588. The molecule has 0 radical (unpaired) electrons. The van der Waals surface area contributed by atoms with Crippen LogP contribution in [0.5, 0.6) is 0 Å². The van der Waals surface area contributed by atoms with Crippen LogP contribution in [0.25, 0.3) is 0 Å². The highest BCUT2D eigenvalue weighted by Crippen LogP contribution is 2.25. The summed E-state index contributed by atoms with van der Waals surface area (Å²) in [6, 6.07) is 7.73. The predicted octanol–water partition coefficient (Wildman–Crippen LogP) is 2.52. The molecule has 0 aromatic heterocycles. The zero-order chi connectivity index (χ0) is 10.6. The van der Waals surface area contributed by atoms with E-state index in [1.54, 1.807) is 11.8 Å². The second-order valence-electron chi connectivity index (χ2n) is 3.71. The fraction of sp³-hybridized carbons (Fsp3) is 0.455. The maximum Gasteiger partial charge on any atom is 0.0710 e. The van der Waals surface area contributed by atoms with Gasteiger partial charge >= 0.3 is 0 Å². The molecule has 78 valence electrons. The smallest absolute Gasteiger partial charge is 0.0710 e. The van der Waals surface area contributed by atoms with Gasteiger partial charge in [0.05, 0.1) is 5.60 Å². The average Bonchev–Trinajstić information content (AvgIpc) is 2.15. The van der Waals surface area contributed by atoms with Crippen molar-refractivity contribution in [1.29, 1.82) is 0 Å². The Bertz CT molecular complexity index is 299. The molecule has 0 amide bonds. The molecule has 0 saturated carbocycles. The Morgan fingerprint density at radius 2 is 2.21 bits per heavy atom. The van der Waals surface area contributed by atoms with Gasteiger partial charge in [0.2, 0.25) is 0 Å². The highest BCUT2D eigenvalue weighted by molar-refractivity contribution is 7.99. The van der Waals surface area contributed by atoms with Crippen molar-refractivity contribution >= 4 is 17.4 Å². The van der Waals surface area contributed by atoms with Gasteiger partial charge in [-0.15, -0.1) is 11.8 Å². The summed E-state index contributed by atoms with van der Waals surface area (Å²) in [4.78, 5) is 1.11. The molecule has 3 heteroatoms. The number of hydrogen-bond donors (Lipinski definition) is 2. The zero-order valence-corrected chi connectivity index (χ0v) is 9.47. The molecular formula is C11H17NOS. The lowest BCUT2D eigenvalue weighted by Crippen LogP contribution is -2.25. The van der Waals surface area contributed by atoms with Gasteiger partial charge in [-0.3, -0.25) is 0 Å². The van der Waals surface area contributed by atoms with Crippen LogP contribution in [0.2, 0.25) is 0 Å². The minimum atomic E-state index is -0.588. The van der Waals surface area contributed by atoms with E-state index in [9.17, 15) is 5.11 Å². The number of hydrogen-bond acceptors (Lipinski definition) is 3. The van der Waals surface area contributed by atoms with E-state index < -0.39 is 5.60 Å². The first-order chi connectivity index (χ1) is 6.53. The lowest BCUT2D eigenvalue weighted by molar-refractivity contribution is 0.0816. The van der Waals surface area contributed by atoms with Crippen LogP contribution in [0.1, 0.15) is 20.3 Å². The van der Waals surface area contributed by atoms with Crippen LogP contribution in [0.15, 0.2) is 29.2 Å². The van der Waals surface area contributed by atoms with E-state index in [0.29, 0.717) is 5.75 Å². The number of aliphatic hydroxyl groups is 1. The van der Waals surface area contributed by atoms with E-state index in [4.69, 9.17) is 5.73 Å². The van der Waals surface area contributed by atoms with Gasteiger partial charge in [-0.1, -0.05) is 13.0 Å². The summed E-state index contributed by atoms with van der Waals surface area (Å²) >= 11 is 1.64. The Morgan fingerprint density at radius 3 is 2.79 bits per heavy atom. The molecular weight excluding hydrogens is 194 g/mol. The van der Waals surface area contributed by atoms with E-state index in [1.807, 2.05) is 38.1 Å². The number of thioether (sulfide) groups is 1. The third kappa shape index (κ3) is 3.60. The molecule has 1 atom stereocenters. The molecule has 3 N–H and O–H groups in total. The molecule has 2 nitrogen and oxygen atoms in total. The molecule has 0 aliphatic carbocycles. The summed E-state index contributed by atoms with van der Waals surface area (Å²) < 4.78 is 0. The van der Waals surface area contributed by atoms with Gasteiger partial charge in [0, 0.05) is 16.3 Å². The van der Waals surface area contributed by atoms with Crippen molar-refractivity contribution in [3.63, 3.8) is 0 Å². The first kappa shape index (κ1) is 11.4. The van der Waals surface area contributed by atoms with Crippen LogP contribution in [0, 0.1) is 0 Å². The Labute approximate surface area is 89.5 Å². The molecule has 0 saturated heterocycles. The van der Waals surface area contributed by atoms with Gasteiger partial charge in [-0.2, -0.15) is 0 Å². The number of benzene rings is 1. The monoisotopic (exact) mass is 211 g/mol. The van der Waals surface area contributed by atoms with Crippen LogP contribution in [0.4, 0.5) is 5.69 Å². The molecule has 1 rings (SSSR count). The number of nitrogen functional groups attached to an aromatic ring is 1. The van der Waals surface area contributed by atoms with E-state index in [0.717, 1.165) is 17.0 Å². The molecule has 0 aliphatic heterocycles. The third-order valence-corrected chi connectivity index (χ3v) is 3.52. The molecule has 0 spiro atoms. The summed E-state index contributed by atoms with van der Waals surface area (Å²) in [5.74, 6) is 0.701. The normalized spacial score (nSPS) is 15.1. The number of rotatable bonds is 4. The summed E-state index contributed by atoms with van der Waals surface area (Å²) in [6.07, 6.45) is 0.766. The van der Waals surface area contributed by atoms with Crippen molar-refractivity contribution < 1.29 is 5.11 Å². The lowest BCUT2D eigenvalue weighted by atomic mass is 10.1. The van der Waals surface area contributed by atoms with Gasteiger partial charge in [0.1, 0.15) is 0 Å². The van der Waals surface area contributed by atoms with Crippen LogP contribution >= 0.6 is 11.8 Å². The maximum atomic E-state index is 9.80. The van der Waals surface area contributed by atoms with Crippen molar-refractivity contribution in [1.82, 2.24) is 0 Å². The molecule has 0 bridgehead atoms. The maximum absolute atomic E-state index is 9.80. The van der Waals surface area contributed by atoms with Crippen molar-refractivity contribution in [2.75, 3.05) is 11.5 Å². The first-order valence-electron chi connectivity index (χ1n) is 4.74. The standard InChI is InChI=1S/C11H17NOS/c1-3-11(2,13)8-14-10-6-4-5-9(12)7-10/h4-7,13H,3,8,12H2,1-2H3. The van der Waals surface area contributed by atoms with Crippen molar-refractivity contribution in [3.8, 4) is 0 Å². The van der Waals surface area contributed by atoms with Gasteiger partial charge in [-0.05, 0) is 31.5 Å². The minimum Gasteiger partial charge on any atom is -0.399 e. The van der Waals surface area contributed by atoms with E-state index in [1.165, 1.54) is 0 Å². The van der Waals surface area contributed by atoms with Gasteiger partial charge in [0.15, 0.2) is 0 Å². The molecule has 1 aromatic carbocycles. The largest absolute Gasteiger partial charge is 0.399 e. The number of nitrogens with two attached hydrogens (primary N) is 1. The summed E-state index contributed by atoms with van der Waals surface area (Å²) in [5.41, 5.74) is 5.84. The summed E-state index contributed by atoms with van der Waals surface area (Å²) in [6.45, 7) is 3.84. The van der Waals surface area contributed by atoms with Gasteiger partial charge < -0.3 is 10.8 Å². The molecule has 0 aliphatic rings. The Balaban J connectivity index is 2.54. The SMILES string of the molecule is CCC(C)(O)CSc1cccc(N)c1. The van der Waals surface area contributed by atoms with Crippen LogP contribution in [-0.4, -0.2) is 16.5 Å². The van der Waals surface area contributed by atoms with Crippen molar-refractivity contribution in [3.05, 3.63) is 24.3 Å². The molecule has 1 aromatic rings. The summed E-state index contributed by atoms with van der Waals surface area (Å²) in [5, 5.41) is 9.80. The molecule has 14 heavy (non-hydrogen) atoms. The lowest BCUT2D eigenvalue weighted by Gasteiger charge is -2.20. The zero-order valence-electron chi connectivity index (χ0n) is 8.66. The highest BCUT2D eigenvalue weighted by atomic mass is 32.2. The third-order valence-electron chi connectivity index (χ3n) is 2.17. The van der Waals surface area contributed by atoms with Crippen LogP contribution in [0.3, 0.4) is 0 Å². The van der Waals surface area contributed by atoms with Gasteiger partial charge in [0.25, 0.3) is 0 Å². The first-order valence-corrected chi connectivity index (χ1v) is 5.73. The van der Waals surface area contributed by atoms with E-state index in [2.05, 4.69) is 0 Å². The molecule has 1 unspecified atom stereocenters. The molecule has 0 fully saturated rings. The fourth-order valence-electron chi connectivity index (χ4n) is 0.945. The fourth-order valence-corrected chi connectivity index (χ4v) is 2.02. The highest BCUT2D eigenvalue weighted by Gasteiger charge is 2.17. The Kier molecular flexibility index (Phi) is 3.84. The summed E-state index contributed by atoms with van der Waals surface area (Å²) in [7, 11) is 0.